The van der Waals surface area contributed by atoms with E-state index in [2.05, 4.69) is 0 Å². The van der Waals surface area contributed by atoms with Crippen molar-refractivity contribution < 1.29 is 17.6 Å². The minimum Gasteiger partial charge on any atom is -0.288 e. The Morgan fingerprint density at radius 2 is 1.00 bits per heavy atom. The minimum absolute atomic E-state index is 0.675. The fourth-order valence-electron chi connectivity index (χ4n) is 1.00. The molecule has 12 heavy (non-hydrogen) atoms. The first-order valence-electron chi connectivity index (χ1n) is 2.96. The van der Waals surface area contributed by atoms with Crippen LogP contribution in [0.3, 0.4) is 0 Å². The highest BCUT2D eigenvalue weighted by Crippen LogP contribution is 2.27. The van der Waals surface area contributed by atoms with Crippen molar-refractivity contribution in [2.24, 2.45) is 0 Å². The lowest BCUT2D eigenvalue weighted by molar-refractivity contribution is 0.420. The number of hydrogen-bond donors (Lipinski definition) is 0. The maximum absolute atomic E-state index is 12.5. The molecule has 0 fully saturated rings. The second-order valence-corrected chi connectivity index (χ2v) is 2.34. The first kappa shape index (κ1) is 7.27. The SMILES string of the molecule is O=c1c2c(F)c(F)c(F)c(F)c12. The summed E-state index contributed by atoms with van der Waals surface area (Å²) in [7, 11) is 0. The van der Waals surface area contributed by atoms with Crippen LogP contribution in [0.5, 0.6) is 0 Å². The van der Waals surface area contributed by atoms with E-state index in [0.29, 0.717) is 0 Å². The summed E-state index contributed by atoms with van der Waals surface area (Å²) in [5.41, 5.74) is -0.965. The zero-order valence-electron chi connectivity index (χ0n) is 5.42. The van der Waals surface area contributed by atoms with Crippen LogP contribution < -0.4 is 5.43 Å². The zero-order valence-corrected chi connectivity index (χ0v) is 5.42. The Morgan fingerprint density at radius 1 is 0.667 bits per heavy atom. The summed E-state index contributed by atoms with van der Waals surface area (Å²) in [5, 5.41) is -1.35. The predicted octanol–water partition coefficient (Wildman–Crippen LogP) is 1.63. The Hall–Kier alpha value is -1.39. The van der Waals surface area contributed by atoms with Crippen molar-refractivity contribution in [3.8, 4) is 0 Å². The molecule has 0 saturated heterocycles. The molecule has 5 heteroatoms. The van der Waals surface area contributed by atoms with Crippen LogP contribution in [0.4, 0.5) is 17.6 Å². The molecule has 2 aromatic rings. The van der Waals surface area contributed by atoms with E-state index in [-0.39, 0.29) is 0 Å². The molecular weight excluding hydrogens is 176 g/mol. The molecule has 0 aromatic heterocycles. The number of rotatable bonds is 0. The summed E-state index contributed by atoms with van der Waals surface area (Å²) >= 11 is 0. The second kappa shape index (κ2) is 1.85. The highest BCUT2D eigenvalue weighted by molar-refractivity contribution is 5.98. The summed E-state index contributed by atoms with van der Waals surface area (Å²) in [6, 6.07) is 0. The normalized spacial score (nSPS) is 11.7. The van der Waals surface area contributed by atoms with Gasteiger partial charge in [0.05, 0.1) is 10.8 Å². The molecular formula is C7F4O. The molecule has 1 nitrogen and oxygen atoms in total. The second-order valence-electron chi connectivity index (χ2n) is 2.34. The minimum atomic E-state index is -1.93. The summed E-state index contributed by atoms with van der Waals surface area (Å²) in [4.78, 5) is 10.5. The van der Waals surface area contributed by atoms with Crippen molar-refractivity contribution >= 4 is 10.8 Å². The van der Waals surface area contributed by atoms with E-state index in [1.807, 2.05) is 0 Å². The molecule has 0 radical (unpaired) electrons. The molecule has 0 aliphatic heterocycles. The third-order valence-corrected chi connectivity index (χ3v) is 1.66. The predicted molar refractivity (Wildman–Crippen MR) is 32.4 cm³/mol. The van der Waals surface area contributed by atoms with Gasteiger partial charge in [0, 0.05) is 0 Å². The molecule has 62 valence electrons. The smallest absolute Gasteiger partial charge is 0.200 e. The van der Waals surface area contributed by atoms with Gasteiger partial charge in [0.2, 0.25) is 5.43 Å². The van der Waals surface area contributed by atoms with Gasteiger partial charge in [-0.05, 0) is 0 Å². The van der Waals surface area contributed by atoms with Crippen molar-refractivity contribution in [3.63, 3.8) is 0 Å². The molecule has 2 rings (SSSR count). The lowest BCUT2D eigenvalue weighted by Crippen LogP contribution is -1.91. The Bertz CT molecular complexity index is 450. The molecule has 0 aliphatic rings. The zero-order chi connectivity index (χ0) is 9.04. The van der Waals surface area contributed by atoms with Gasteiger partial charge < -0.3 is 0 Å². The molecule has 0 heterocycles. The third-order valence-electron chi connectivity index (χ3n) is 1.66. The average Bonchev–Trinajstić information content (AvgIpc) is 2.70. The molecule has 0 amide bonds. The maximum Gasteiger partial charge on any atom is 0.200 e. The molecule has 0 bridgehead atoms. The van der Waals surface area contributed by atoms with E-state index >= 15 is 0 Å². The van der Waals surface area contributed by atoms with Gasteiger partial charge in [-0.1, -0.05) is 0 Å². The monoisotopic (exact) mass is 176 g/mol. The summed E-state index contributed by atoms with van der Waals surface area (Å²) in [6.07, 6.45) is 0. The number of fused-ring (bicyclic) bond motifs is 1. The fraction of sp³-hybridized carbons (Fsp3) is 0. The quantitative estimate of drug-likeness (QED) is 0.338. The van der Waals surface area contributed by atoms with Crippen molar-refractivity contribution in [2.75, 3.05) is 0 Å². The number of hydrogen-bond acceptors (Lipinski definition) is 1. The molecule has 0 unspecified atom stereocenters. The van der Waals surface area contributed by atoms with Crippen LogP contribution in [0.25, 0.3) is 10.8 Å². The summed E-state index contributed by atoms with van der Waals surface area (Å²) in [5.74, 6) is -7.07. The molecule has 0 saturated carbocycles. The Kier molecular flexibility index (Phi) is 1.12. The van der Waals surface area contributed by atoms with Crippen molar-refractivity contribution in [3.05, 3.63) is 33.5 Å². The maximum atomic E-state index is 12.5. The van der Waals surface area contributed by atoms with Crippen LogP contribution in [0.15, 0.2) is 4.79 Å². The van der Waals surface area contributed by atoms with Crippen LogP contribution in [-0.4, -0.2) is 0 Å². The molecule has 2 aromatic carbocycles. The molecule has 0 N–H and O–H groups in total. The van der Waals surface area contributed by atoms with Crippen molar-refractivity contribution in [2.45, 2.75) is 0 Å². The van der Waals surface area contributed by atoms with Gasteiger partial charge in [0.25, 0.3) is 0 Å². The standard InChI is InChI=1S/C7F4O/c8-3-1-2(7(1)12)4(9)6(11)5(3)10. The summed E-state index contributed by atoms with van der Waals surface area (Å²) < 4.78 is 49.6. The van der Waals surface area contributed by atoms with Crippen LogP contribution in [0.1, 0.15) is 0 Å². The largest absolute Gasteiger partial charge is 0.288 e. The van der Waals surface area contributed by atoms with Crippen LogP contribution in [0.2, 0.25) is 0 Å². The van der Waals surface area contributed by atoms with E-state index in [4.69, 9.17) is 0 Å². The van der Waals surface area contributed by atoms with E-state index in [1.54, 1.807) is 0 Å². The molecule has 0 aliphatic carbocycles. The highest BCUT2D eigenvalue weighted by Gasteiger charge is 2.30. The average molecular weight is 176 g/mol. The summed E-state index contributed by atoms with van der Waals surface area (Å²) in [6.45, 7) is 0. The lowest BCUT2D eigenvalue weighted by Gasteiger charge is -1.91. The molecule has 0 spiro atoms. The van der Waals surface area contributed by atoms with Gasteiger partial charge in [-0.15, -0.1) is 0 Å². The highest BCUT2D eigenvalue weighted by atomic mass is 19.2. The Balaban J connectivity index is 3.00. The molecule has 0 atom stereocenters. The lowest BCUT2D eigenvalue weighted by atomic mass is 10.3. The van der Waals surface area contributed by atoms with Crippen molar-refractivity contribution in [1.29, 1.82) is 0 Å². The van der Waals surface area contributed by atoms with Gasteiger partial charge in [-0.2, -0.15) is 0 Å². The van der Waals surface area contributed by atoms with E-state index < -0.39 is 39.5 Å². The van der Waals surface area contributed by atoms with Gasteiger partial charge >= 0.3 is 0 Å². The first-order valence-corrected chi connectivity index (χ1v) is 2.96. The Morgan fingerprint density at radius 3 is 1.33 bits per heavy atom. The number of benzene rings is 1. The van der Waals surface area contributed by atoms with E-state index in [1.165, 1.54) is 0 Å². The third kappa shape index (κ3) is 0.609. The first-order chi connectivity index (χ1) is 5.55. The number of halogens is 4. The van der Waals surface area contributed by atoms with Crippen molar-refractivity contribution in [1.82, 2.24) is 0 Å². The topological polar surface area (TPSA) is 17.1 Å². The van der Waals surface area contributed by atoms with Crippen LogP contribution in [0, 0.1) is 23.3 Å². The van der Waals surface area contributed by atoms with Gasteiger partial charge in [-0.3, -0.25) is 4.79 Å². The van der Waals surface area contributed by atoms with Gasteiger partial charge in [-0.25, -0.2) is 17.6 Å². The fourth-order valence-corrected chi connectivity index (χ4v) is 1.00. The van der Waals surface area contributed by atoms with Gasteiger partial charge in [0.1, 0.15) is 0 Å². The van der Waals surface area contributed by atoms with E-state index in [0.717, 1.165) is 0 Å². The van der Waals surface area contributed by atoms with Crippen LogP contribution in [-0.2, 0) is 0 Å². The Labute approximate surface area is 62.9 Å². The van der Waals surface area contributed by atoms with E-state index in [9.17, 15) is 22.4 Å². The van der Waals surface area contributed by atoms with Gasteiger partial charge in [0.15, 0.2) is 23.3 Å². The van der Waals surface area contributed by atoms with Crippen LogP contribution >= 0.6 is 0 Å².